The zero-order valence-electron chi connectivity index (χ0n) is 14.4. The van der Waals surface area contributed by atoms with E-state index in [9.17, 15) is 16.8 Å². The van der Waals surface area contributed by atoms with Crippen LogP contribution in [0.2, 0.25) is 0 Å². The van der Waals surface area contributed by atoms with Gasteiger partial charge in [0.1, 0.15) is 12.2 Å². The first-order valence-corrected chi connectivity index (χ1v) is 10.4. The minimum atomic E-state index is -5.04. The third-order valence-electron chi connectivity index (χ3n) is 3.71. The molecule has 154 valence electrons. The Kier molecular flexibility index (Phi) is 7.29. The van der Waals surface area contributed by atoms with Gasteiger partial charge in [-0.2, -0.15) is 16.8 Å². The van der Waals surface area contributed by atoms with Gasteiger partial charge >= 0.3 is 20.8 Å². The molecule has 0 bridgehead atoms. The van der Waals surface area contributed by atoms with E-state index in [1.807, 2.05) is 0 Å². The molecule has 1 aromatic carbocycles. The summed E-state index contributed by atoms with van der Waals surface area (Å²) < 4.78 is 88.0. The molecule has 1 aliphatic rings. The molecule has 1 aromatic rings. The summed E-state index contributed by atoms with van der Waals surface area (Å²) in [5.41, 5.74) is 0.733. The van der Waals surface area contributed by atoms with Gasteiger partial charge in [-0.25, -0.2) is 8.37 Å². The lowest BCUT2D eigenvalue weighted by molar-refractivity contribution is -0.284. The van der Waals surface area contributed by atoms with E-state index in [4.69, 9.17) is 23.3 Å². The van der Waals surface area contributed by atoms with Gasteiger partial charge in [-0.3, -0.25) is 9.11 Å². The van der Waals surface area contributed by atoms with Gasteiger partial charge in [0.15, 0.2) is 12.4 Å². The molecule has 0 radical (unpaired) electrons. The molecule has 13 heteroatoms. The Labute approximate surface area is 157 Å². The second-order valence-electron chi connectivity index (χ2n) is 5.68. The molecule has 0 amide bonds. The molecule has 0 aromatic heterocycles. The van der Waals surface area contributed by atoms with E-state index < -0.39 is 51.5 Å². The zero-order valence-corrected chi connectivity index (χ0v) is 16.0. The maximum atomic E-state index is 11.3. The van der Waals surface area contributed by atoms with E-state index in [0.29, 0.717) is 0 Å². The van der Waals surface area contributed by atoms with Crippen LogP contribution in [0.1, 0.15) is 12.5 Å². The zero-order chi connectivity index (χ0) is 20.2. The smallest absolute Gasteiger partial charge is 0.368 e. The number of hydrogen-bond donors (Lipinski definition) is 2. The molecule has 1 aliphatic heterocycles. The molecule has 1 fully saturated rings. The monoisotopic (exact) mass is 428 g/mol. The van der Waals surface area contributed by atoms with Crippen molar-refractivity contribution in [3.8, 4) is 0 Å². The summed E-state index contributed by atoms with van der Waals surface area (Å²) in [5.74, 6) is 0. The van der Waals surface area contributed by atoms with Crippen LogP contribution in [0.15, 0.2) is 30.3 Å². The van der Waals surface area contributed by atoms with Gasteiger partial charge in [0.2, 0.25) is 0 Å². The van der Waals surface area contributed by atoms with E-state index in [-0.39, 0.29) is 6.61 Å². The highest BCUT2D eigenvalue weighted by Crippen LogP contribution is 2.30. The molecular formula is C14H20O11S2. The molecule has 0 spiro atoms. The van der Waals surface area contributed by atoms with Crippen molar-refractivity contribution in [1.82, 2.24) is 0 Å². The quantitative estimate of drug-likeness (QED) is 0.551. The average Bonchev–Trinajstić information content (AvgIpc) is 2.55. The topological polar surface area (TPSA) is 155 Å². The Bertz CT molecular complexity index is 809. The van der Waals surface area contributed by atoms with Crippen LogP contribution >= 0.6 is 0 Å². The number of methoxy groups -OCH3 is 1. The largest absolute Gasteiger partial charge is 0.397 e. The molecule has 2 N–H and O–H groups in total. The van der Waals surface area contributed by atoms with Crippen LogP contribution < -0.4 is 0 Å². The number of benzene rings is 1. The van der Waals surface area contributed by atoms with Gasteiger partial charge in [0.25, 0.3) is 0 Å². The van der Waals surface area contributed by atoms with Gasteiger partial charge in [-0.1, -0.05) is 30.3 Å². The van der Waals surface area contributed by atoms with Gasteiger partial charge in [-0.05, 0) is 12.5 Å². The van der Waals surface area contributed by atoms with Crippen molar-refractivity contribution in [3.63, 3.8) is 0 Å². The number of ether oxygens (including phenoxy) is 3. The van der Waals surface area contributed by atoms with E-state index in [1.54, 1.807) is 30.3 Å². The summed E-state index contributed by atoms with van der Waals surface area (Å²) in [7, 11) is -8.92. The molecule has 0 saturated carbocycles. The maximum Gasteiger partial charge on any atom is 0.397 e. The molecular weight excluding hydrogens is 408 g/mol. The molecule has 11 nitrogen and oxygen atoms in total. The molecule has 5 atom stereocenters. The fraction of sp³-hybridized carbons (Fsp3) is 0.571. The number of hydrogen-bond acceptors (Lipinski definition) is 9. The van der Waals surface area contributed by atoms with Crippen molar-refractivity contribution < 1.29 is 48.5 Å². The van der Waals surface area contributed by atoms with Crippen LogP contribution in [-0.2, 0) is 50.0 Å². The Morgan fingerprint density at radius 2 is 1.52 bits per heavy atom. The normalized spacial score (nSPS) is 29.6. The molecule has 2 rings (SSSR count). The van der Waals surface area contributed by atoms with Crippen molar-refractivity contribution in [1.29, 1.82) is 0 Å². The summed E-state index contributed by atoms with van der Waals surface area (Å²) in [6, 6.07) is 8.81. The summed E-state index contributed by atoms with van der Waals surface area (Å²) >= 11 is 0. The Morgan fingerprint density at radius 1 is 0.963 bits per heavy atom. The minimum absolute atomic E-state index is 0.000780. The van der Waals surface area contributed by atoms with Gasteiger partial charge in [0, 0.05) is 7.11 Å². The highest BCUT2D eigenvalue weighted by molar-refractivity contribution is 7.81. The lowest BCUT2D eigenvalue weighted by atomic mass is 9.99. The SMILES string of the molecule is COC1OC(C)C(OCc2ccccc2)C(OS(=O)(=O)O)C1OS(=O)(=O)O. The summed E-state index contributed by atoms with van der Waals surface area (Å²) in [5, 5.41) is 0. The summed E-state index contributed by atoms with van der Waals surface area (Å²) in [4.78, 5) is 0. The van der Waals surface area contributed by atoms with Crippen LogP contribution in [0.3, 0.4) is 0 Å². The molecule has 1 saturated heterocycles. The van der Waals surface area contributed by atoms with Crippen molar-refractivity contribution in [2.75, 3.05) is 7.11 Å². The fourth-order valence-electron chi connectivity index (χ4n) is 2.65. The van der Waals surface area contributed by atoms with Gasteiger partial charge < -0.3 is 14.2 Å². The third-order valence-corrected chi connectivity index (χ3v) is 4.64. The molecule has 0 aliphatic carbocycles. The van der Waals surface area contributed by atoms with Crippen LogP contribution in [0.25, 0.3) is 0 Å². The second-order valence-corrected chi connectivity index (χ2v) is 7.78. The lowest BCUT2D eigenvalue weighted by Crippen LogP contribution is -2.60. The van der Waals surface area contributed by atoms with Crippen molar-refractivity contribution >= 4 is 20.8 Å². The summed E-state index contributed by atoms with van der Waals surface area (Å²) in [6.07, 6.45) is -6.93. The van der Waals surface area contributed by atoms with Gasteiger partial charge in [-0.15, -0.1) is 0 Å². The van der Waals surface area contributed by atoms with Crippen molar-refractivity contribution in [2.24, 2.45) is 0 Å². The Morgan fingerprint density at radius 3 is 2.04 bits per heavy atom. The van der Waals surface area contributed by atoms with Crippen LogP contribution in [0.5, 0.6) is 0 Å². The summed E-state index contributed by atoms with van der Waals surface area (Å²) in [6.45, 7) is 1.51. The third kappa shape index (κ3) is 6.74. The molecule has 5 unspecified atom stereocenters. The lowest BCUT2D eigenvalue weighted by Gasteiger charge is -2.42. The van der Waals surface area contributed by atoms with Crippen molar-refractivity contribution in [2.45, 2.75) is 44.2 Å². The number of rotatable bonds is 8. The van der Waals surface area contributed by atoms with E-state index >= 15 is 0 Å². The highest BCUT2D eigenvalue weighted by Gasteiger charge is 2.50. The van der Waals surface area contributed by atoms with E-state index in [1.165, 1.54) is 6.92 Å². The maximum absolute atomic E-state index is 11.3. The first kappa shape index (κ1) is 22.1. The van der Waals surface area contributed by atoms with E-state index in [0.717, 1.165) is 12.7 Å². The van der Waals surface area contributed by atoms with Gasteiger partial charge in [0.05, 0.1) is 12.7 Å². The Hall–Kier alpha value is -1.16. The first-order chi connectivity index (χ1) is 12.5. The highest BCUT2D eigenvalue weighted by atomic mass is 32.3. The fourth-order valence-corrected chi connectivity index (χ4v) is 3.63. The average molecular weight is 428 g/mol. The van der Waals surface area contributed by atoms with E-state index in [2.05, 4.69) is 8.37 Å². The van der Waals surface area contributed by atoms with Crippen LogP contribution in [-0.4, -0.2) is 63.8 Å². The molecule has 27 heavy (non-hydrogen) atoms. The van der Waals surface area contributed by atoms with Crippen LogP contribution in [0.4, 0.5) is 0 Å². The predicted octanol–water partition coefficient (Wildman–Crippen LogP) is 0.339. The first-order valence-electron chi connectivity index (χ1n) is 7.65. The molecule has 1 heterocycles. The van der Waals surface area contributed by atoms with Crippen LogP contribution in [0, 0.1) is 0 Å². The second kappa shape index (κ2) is 8.89. The van der Waals surface area contributed by atoms with Crippen molar-refractivity contribution in [3.05, 3.63) is 35.9 Å². The standard InChI is InChI=1S/C14H20O11S2/c1-9-11(22-8-10-6-4-3-5-7-10)12(24-26(15,16)17)13(14(21-2)23-9)25-27(18,19)20/h3-7,9,11-14H,8H2,1-2H3,(H,15,16,17)(H,18,19,20). The minimum Gasteiger partial charge on any atom is -0.368 e. The Balaban J connectivity index is 2.31. The predicted molar refractivity (Wildman–Crippen MR) is 89.2 cm³/mol.